The van der Waals surface area contributed by atoms with E-state index in [0.717, 1.165) is 13.0 Å². The van der Waals surface area contributed by atoms with E-state index in [0.29, 0.717) is 12.0 Å². The molecule has 1 saturated heterocycles. The molecule has 2 nitrogen and oxygen atoms in total. The maximum absolute atomic E-state index is 9.75. The van der Waals surface area contributed by atoms with Crippen LogP contribution in [0.4, 0.5) is 0 Å². The molecule has 0 aromatic rings. The van der Waals surface area contributed by atoms with Gasteiger partial charge in [0.15, 0.2) is 0 Å². The van der Waals surface area contributed by atoms with Crippen LogP contribution in [0.2, 0.25) is 0 Å². The molecule has 0 aromatic carbocycles. The van der Waals surface area contributed by atoms with Crippen molar-refractivity contribution in [3.63, 3.8) is 0 Å². The van der Waals surface area contributed by atoms with Crippen molar-refractivity contribution in [1.29, 1.82) is 0 Å². The lowest BCUT2D eigenvalue weighted by Gasteiger charge is -2.38. The molecule has 0 bridgehead atoms. The molecule has 1 heterocycles. The van der Waals surface area contributed by atoms with E-state index in [1.54, 1.807) is 0 Å². The van der Waals surface area contributed by atoms with E-state index in [1.165, 1.54) is 19.4 Å². The van der Waals surface area contributed by atoms with E-state index >= 15 is 0 Å². The van der Waals surface area contributed by atoms with Gasteiger partial charge in [-0.2, -0.15) is 0 Å². The van der Waals surface area contributed by atoms with Crippen LogP contribution in [0.3, 0.4) is 0 Å². The lowest BCUT2D eigenvalue weighted by Crippen LogP contribution is -2.47. The van der Waals surface area contributed by atoms with Crippen LogP contribution in [-0.4, -0.2) is 35.2 Å². The lowest BCUT2D eigenvalue weighted by atomic mass is 9.94. The van der Waals surface area contributed by atoms with Crippen LogP contribution in [0.5, 0.6) is 0 Å². The summed E-state index contributed by atoms with van der Waals surface area (Å²) in [5.74, 6) is 0.491. The Morgan fingerprint density at radius 1 is 1.38 bits per heavy atom. The van der Waals surface area contributed by atoms with Gasteiger partial charge in [0.2, 0.25) is 0 Å². The number of nitrogens with zero attached hydrogens (tertiary/aromatic N) is 1. The summed E-state index contributed by atoms with van der Waals surface area (Å²) in [4.78, 5) is 2.45. The molecule has 13 heavy (non-hydrogen) atoms. The Kier molecular flexibility index (Phi) is 4.20. The highest BCUT2D eigenvalue weighted by Crippen LogP contribution is 2.20. The predicted molar refractivity (Wildman–Crippen MR) is 55.7 cm³/mol. The molecule has 1 aliphatic heterocycles. The number of likely N-dealkylation sites (tertiary alicyclic amines) is 1. The third kappa shape index (κ3) is 2.68. The van der Waals surface area contributed by atoms with Crippen LogP contribution in [0.1, 0.15) is 40.0 Å². The first-order valence-corrected chi connectivity index (χ1v) is 5.61. The molecule has 1 rings (SSSR count). The van der Waals surface area contributed by atoms with Gasteiger partial charge >= 0.3 is 0 Å². The first-order valence-electron chi connectivity index (χ1n) is 5.61. The van der Waals surface area contributed by atoms with Gasteiger partial charge in [0.1, 0.15) is 0 Å². The number of aliphatic hydroxyl groups excluding tert-OH is 1. The fourth-order valence-corrected chi connectivity index (χ4v) is 2.21. The SMILES string of the molecule is CCC(CC)N1CCC(C)C(O)C1. The number of piperidine rings is 1. The van der Waals surface area contributed by atoms with Crippen LogP contribution in [-0.2, 0) is 0 Å². The van der Waals surface area contributed by atoms with Crippen molar-refractivity contribution in [1.82, 2.24) is 4.90 Å². The van der Waals surface area contributed by atoms with Crippen LogP contribution >= 0.6 is 0 Å². The zero-order valence-corrected chi connectivity index (χ0v) is 9.16. The largest absolute Gasteiger partial charge is 0.392 e. The van der Waals surface area contributed by atoms with Gasteiger partial charge in [-0.05, 0) is 31.7 Å². The second-order valence-corrected chi connectivity index (χ2v) is 4.30. The molecule has 1 aliphatic rings. The van der Waals surface area contributed by atoms with Crippen molar-refractivity contribution in [3.05, 3.63) is 0 Å². The van der Waals surface area contributed by atoms with E-state index in [1.807, 2.05) is 0 Å². The van der Waals surface area contributed by atoms with Gasteiger partial charge in [0.05, 0.1) is 6.10 Å². The van der Waals surface area contributed by atoms with E-state index in [2.05, 4.69) is 25.7 Å². The van der Waals surface area contributed by atoms with Gasteiger partial charge in [-0.3, -0.25) is 4.90 Å². The second-order valence-electron chi connectivity index (χ2n) is 4.30. The molecule has 1 N–H and O–H groups in total. The molecular formula is C11H23NO. The Hall–Kier alpha value is -0.0800. The minimum absolute atomic E-state index is 0.102. The molecule has 0 aromatic heterocycles. The van der Waals surface area contributed by atoms with Crippen molar-refractivity contribution >= 4 is 0 Å². The van der Waals surface area contributed by atoms with E-state index in [-0.39, 0.29) is 6.10 Å². The summed E-state index contributed by atoms with van der Waals surface area (Å²) in [5, 5.41) is 9.75. The zero-order chi connectivity index (χ0) is 9.84. The van der Waals surface area contributed by atoms with E-state index < -0.39 is 0 Å². The van der Waals surface area contributed by atoms with Crippen molar-refractivity contribution in [3.8, 4) is 0 Å². The molecule has 2 atom stereocenters. The predicted octanol–water partition coefficient (Wildman–Crippen LogP) is 1.88. The third-order valence-electron chi connectivity index (χ3n) is 3.41. The quantitative estimate of drug-likeness (QED) is 0.725. The van der Waals surface area contributed by atoms with Crippen LogP contribution in [0.15, 0.2) is 0 Å². The molecule has 2 unspecified atom stereocenters. The summed E-state index contributed by atoms with van der Waals surface area (Å²) >= 11 is 0. The van der Waals surface area contributed by atoms with Gasteiger partial charge in [0.25, 0.3) is 0 Å². The number of hydrogen-bond donors (Lipinski definition) is 1. The molecule has 0 amide bonds. The number of hydrogen-bond acceptors (Lipinski definition) is 2. The minimum atomic E-state index is -0.102. The number of rotatable bonds is 3. The summed E-state index contributed by atoms with van der Waals surface area (Å²) in [6, 6.07) is 0.683. The fourth-order valence-electron chi connectivity index (χ4n) is 2.21. The van der Waals surface area contributed by atoms with E-state index in [4.69, 9.17) is 0 Å². The van der Waals surface area contributed by atoms with Gasteiger partial charge in [-0.25, -0.2) is 0 Å². The first-order chi connectivity index (χ1) is 6.19. The van der Waals surface area contributed by atoms with E-state index in [9.17, 15) is 5.11 Å². The highest BCUT2D eigenvalue weighted by atomic mass is 16.3. The van der Waals surface area contributed by atoms with Gasteiger partial charge in [-0.1, -0.05) is 20.8 Å². The summed E-state index contributed by atoms with van der Waals surface area (Å²) in [5.41, 5.74) is 0. The van der Waals surface area contributed by atoms with Crippen molar-refractivity contribution in [2.24, 2.45) is 5.92 Å². The Morgan fingerprint density at radius 2 is 2.00 bits per heavy atom. The Morgan fingerprint density at radius 3 is 2.46 bits per heavy atom. The number of β-amino-alcohol motifs (C(OH)–C–C–N with tert-alkyl or cyclic N) is 1. The highest BCUT2D eigenvalue weighted by Gasteiger charge is 2.27. The first kappa shape index (κ1) is 11.0. The molecular weight excluding hydrogens is 162 g/mol. The van der Waals surface area contributed by atoms with Gasteiger partial charge in [-0.15, -0.1) is 0 Å². The molecule has 0 radical (unpaired) electrons. The van der Waals surface area contributed by atoms with Crippen LogP contribution in [0.25, 0.3) is 0 Å². The molecule has 0 spiro atoms. The summed E-state index contributed by atoms with van der Waals surface area (Å²) in [7, 11) is 0. The van der Waals surface area contributed by atoms with Gasteiger partial charge in [0, 0.05) is 12.6 Å². The summed E-state index contributed by atoms with van der Waals surface area (Å²) in [6.45, 7) is 8.67. The fraction of sp³-hybridized carbons (Fsp3) is 1.00. The van der Waals surface area contributed by atoms with Crippen molar-refractivity contribution in [2.75, 3.05) is 13.1 Å². The van der Waals surface area contributed by atoms with Crippen molar-refractivity contribution in [2.45, 2.75) is 52.2 Å². The highest BCUT2D eigenvalue weighted by molar-refractivity contribution is 4.81. The molecule has 2 heteroatoms. The Labute approximate surface area is 81.9 Å². The molecule has 78 valence electrons. The maximum Gasteiger partial charge on any atom is 0.0693 e. The Bertz CT molecular complexity index is 145. The summed E-state index contributed by atoms with van der Waals surface area (Å²) in [6.07, 6.45) is 3.46. The molecule has 0 saturated carbocycles. The third-order valence-corrected chi connectivity index (χ3v) is 3.41. The maximum atomic E-state index is 9.75. The van der Waals surface area contributed by atoms with Crippen LogP contribution < -0.4 is 0 Å². The normalized spacial score (nSPS) is 31.2. The Balaban J connectivity index is 2.44. The second kappa shape index (κ2) is 4.97. The monoisotopic (exact) mass is 185 g/mol. The van der Waals surface area contributed by atoms with Crippen molar-refractivity contribution < 1.29 is 5.11 Å². The standard InChI is InChI=1S/C11H23NO/c1-4-10(5-2)12-7-6-9(3)11(13)8-12/h9-11,13H,4-8H2,1-3H3. The topological polar surface area (TPSA) is 23.5 Å². The van der Waals surface area contributed by atoms with Gasteiger partial charge < -0.3 is 5.11 Å². The number of aliphatic hydroxyl groups is 1. The average Bonchev–Trinajstić information content (AvgIpc) is 2.13. The minimum Gasteiger partial charge on any atom is -0.392 e. The molecule has 1 fully saturated rings. The van der Waals surface area contributed by atoms with Crippen LogP contribution in [0, 0.1) is 5.92 Å². The lowest BCUT2D eigenvalue weighted by molar-refractivity contribution is 0.00847. The smallest absolute Gasteiger partial charge is 0.0693 e. The average molecular weight is 185 g/mol. The molecule has 0 aliphatic carbocycles. The zero-order valence-electron chi connectivity index (χ0n) is 9.16. The summed E-state index contributed by atoms with van der Waals surface area (Å²) < 4.78 is 0.